The molecule has 1 fully saturated rings. The number of carbonyl (C=O) groups is 2. The van der Waals surface area contributed by atoms with Gasteiger partial charge in [-0.2, -0.15) is 13.2 Å². The summed E-state index contributed by atoms with van der Waals surface area (Å²) in [5.74, 6) is -1.19. The molecule has 1 aromatic carbocycles. The number of rotatable bonds is 6. The van der Waals surface area contributed by atoms with Gasteiger partial charge in [-0.3, -0.25) is 19.7 Å². The average molecular weight is 417 g/mol. The number of anilines is 1. The monoisotopic (exact) mass is 417 g/mol. The van der Waals surface area contributed by atoms with Gasteiger partial charge in [0.25, 0.3) is 11.6 Å². The van der Waals surface area contributed by atoms with Crippen LogP contribution in [0.3, 0.4) is 0 Å². The van der Waals surface area contributed by atoms with Gasteiger partial charge < -0.3 is 15.0 Å². The lowest BCUT2D eigenvalue weighted by Crippen LogP contribution is -2.49. The zero-order valence-electron chi connectivity index (χ0n) is 16.0. The third kappa shape index (κ3) is 5.81. The predicted octanol–water partition coefficient (Wildman–Crippen LogP) is 3.36. The number of hydrogen-bond donors (Lipinski definition) is 1. The molecule has 0 spiro atoms. The first-order valence-electron chi connectivity index (χ1n) is 9.07. The Hall–Kier alpha value is -2.85. The highest BCUT2D eigenvalue weighted by molar-refractivity contribution is 5.83. The molecule has 1 heterocycles. The van der Waals surface area contributed by atoms with Crippen molar-refractivity contribution in [1.82, 2.24) is 4.90 Å². The summed E-state index contributed by atoms with van der Waals surface area (Å²) in [6, 6.07) is 2.01. The zero-order chi connectivity index (χ0) is 21.8. The molecule has 0 radical (unpaired) electrons. The molecule has 1 amide bonds. The quantitative estimate of drug-likeness (QED) is 0.433. The molecule has 1 saturated heterocycles. The van der Waals surface area contributed by atoms with Crippen LogP contribution >= 0.6 is 0 Å². The van der Waals surface area contributed by atoms with Crippen molar-refractivity contribution >= 4 is 23.3 Å². The number of nitro groups is 1. The molecular weight excluding hydrogens is 395 g/mol. The predicted molar refractivity (Wildman–Crippen MR) is 97.2 cm³/mol. The Morgan fingerprint density at radius 1 is 1.28 bits per heavy atom. The zero-order valence-corrected chi connectivity index (χ0v) is 16.0. The van der Waals surface area contributed by atoms with Crippen LogP contribution in [0.25, 0.3) is 0 Å². The number of nitro benzene ring substituents is 1. The Morgan fingerprint density at radius 3 is 2.45 bits per heavy atom. The summed E-state index contributed by atoms with van der Waals surface area (Å²) in [4.78, 5) is 35.9. The Bertz CT molecular complexity index is 774. The first-order valence-corrected chi connectivity index (χ1v) is 9.07. The largest absolute Gasteiger partial charge is 0.454 e. The molecule has 29 heavy (non-hydrogen) atoms. The first kappa shape index (κ1) is 22.4. The molecule has 2 atom stereocenters. The van der Waals surface area contributed by atoms with Crippen molar-refractivity contribution in [3.8, 4) is 0 Å². The lowest BCUT2D eigenvalue weighted by molar-refractivity contribution is -0.384. The number of likely N-dealkylation sites (tertiary alicyclic amines) is 1. The Labute approximate surface area is 165 Å². The van der Waals surface area contributed by atoms with Crippen LogP contribution in [0.5, 0.6) is 0 Å². The van der Waals surface area contributed by atoms with E-state index in [2.05, 4.69) is 5.32 Å². The number of hydrogen-bond acceptors (Lipinski definition) is 6. The second-order valence-electron chi connectivity index (χ2n) is 6.93. The first-order chi connectivity index (χ1) is 13.5. The molecule has 8 nitrogen and oxygen atoms in total. The maximum absolute atomic E-state index is 12.7. The van der Waals surface area contributed by atoms with Gasteiger partial charge in [0, 0.05) is 18.2 Å². The highest BCUT2D eigenvalue weighted by Gasteiger charge is 2.33. The maximum atomic E-state index is 12.7. The molecule has 0 bridgehead atoms. The number of piperidine rings is 1. The van der Waals surface area contributed by atoms with Crippen LogP contribution in [-0.4, -0.2) is 46.9 Å². The molecule has 0 saturated carbocycles. The third-order valence-electron chi connectivity index (χ3n) is 4.78. The summed E-state index contributed by atoms with van der Waals surface area (Å²) in [5.41, 5.74) is -2.25. The summed E-state index contributed by atoms with van der Waals surface area (Å²) in [7, 11) is 0. The molecular formula is C18H22F3N3O5. The minimum absolute atomic E-state index is 0.0397. The number of amides is 1. The van der Waals surface area contributed by atoms with E-state index in [-0.39, 0.29) is 23.7 Å². The Kier molecular flexibility index (Phi) is 7.04. The maximum Gasteiger partial charge on any atom is 0.416 e. The fourth-order valence-corrected chi connectivity index (χ4v) is 3.36. The summed E-state index contributed by atoms with van der Waals surface area (Å²) >= 11 is 0. The van der Waals surface area contributed by atoms with Crippen molar-refractivity contribution in [2.24, 2.45) is 0 Å². The number of nitrogens with one attached hydrogen (secondary N) is 1. The van der Waals surface area contributed by atoms with E-state index in [1.807, 2.05) is 13.8 Å². The van der Waals surface area contributed by atoms with Gasteiger partial charge >= 0.3 is 12.1 Å². The van der Waals surface area contributed by atoms with Crippen molar-refractivity contribution < 1.29 is 32.4 Å². The second kappa shape index (κ2) is 9.10. The normalized spacial score (nSPS) is 19.6. The number of esters is 1. The van der Waals surface area contributed by atoms with Crippen LogP contribution < -0.4 is 5.32 Å². The highest BCUT2D eigenvalue weighted by atomic mass is 19.4. The smallest absolute Gasteiger partial charge is 0.416 e. The fraction of sp³-hybridized carbons (Fsp3) is 0.556. The van der Waals surface area contributed by atoms with Crippen molar-refractivity contribution in [3.05, 3.63) is 33.9 Å². The molecule has 0 aromatic heterocycles. The van der Waals surface area contributed by atoms with Crippen molar-refractivity contribution in [3.63, 3.8) is 0 Å². The van der Waals surface area contributed by atoms with Crippen LogP contribution in [-0.2, 0) is 20.5 Å². The Balaban J connectivity index is 1.93. The van der Waals surface area contributed by atoms with Gasteiger partial charge in [0.1, 0.15) is 12.2 Å². The second-order valence-corrected chi connectivity index (χ2v) is 6.93. The van der Waals surface area contributed by atoms with E-state index in [0.717, 1.165) is 25.3 Å². The van der Waals surface area contributed by atoms with E-state index in [9.17, 15) is 32.9 Å². The van der Waals surface area contributed by atoms with Crippen LogP contribution in [0.1, 0.15) is 38.7 Å². The number of ether oxygens (including phenoxy) is 1. The van der Waals surface area contributed by atoms with Crippen molar-refractivity contribution in [2.45, 2.75) is 51.4 Å². The molecule has 1 aliphatic heterocycles. The van der Waals surface area contributed by atoms with E-state index < -0.39 is 41.5 Å². The molecule has 0 aliphatic carbocycles. The molecule has 0 unspecified atom stereocenters. The third-order valence-corrected chi connectivity index (χ3v) is 4.78. The van der Waals surface area contributed by atoms with E-state index in [1.54, 1.807) is 4.90 Å². The molecule has 1 aliphatic rings. The minimum atomic E-state index is -4.73. The van der Waals surface area contributed by atoms with Gasteiger partial charge in [0.05, 0.1) is 10.5 Å². The van der Waals surface area contributed by atoms with Crippen LogP contribution in [0.15, 0.2) is 18.2 Å². The van der Waals surface area contributed by atoms with Gasteiger partial charge in [0.15, 0.2) is 6.61 Å². The molecule has 1 aromatic rings. The van der Waals surface area contributed by atoms with Gasteiger partial charge in [-0.15, -0.1) is 0 Å². The van der Waals surface area contributed by atoms with Gasteiger partial charge in [-0.05, 0) is 45.2 Å². The summed E-state index contributed by atoms with van der Waals surface area (Å²) in [6.07, 6.45) is -1.99. The number of alkyl halides is 3. The Morgan fingerprint density at radius 2 is 1.90 bits per heavy atom. The van der Waals surface area contributed by atoms with Gasteiger partial charge in [0.2, 0.25) is 0 Å². The number of nitrogens with zero attached hydrogens (tertiary/aromatic N) is 2. The summed E-state index contributed by atoms with van der Waals surface area (Å²) < 4.78 is 43.0. The van der Waals surface area contributed by atoms with E-state index >= 15 is 0 Å². The highest BCUT2D eigenvalue weighted by Crippen LogP contribution is 2.34. The lowest BCUT2D eigenvalue weighted by atomic mass is 9.97. The lowest BCUT2D eigenvalue weighted by Gasteiger charge is -2.38. The topological polar surface area (TPSA) is 102 Å². The number of halogens is 3. The van der Waals surface area contributed by atoms with Crippen LogP contribution in [0.4, 0.5) is 24.5 Å². The van der Waals surface area contributed by atoms with Crippen LogP contribution in [0, 0.1) is 10.1 Å². The summed E-state index contributed by atoms with van der Waals surface area (Å²) in [5, 5.41) is 13.4. The van der Waals surface area contributed by atoms with Gasteiger partial charge in [-0.1, -0.05) is 0 Å². The summed E-state index contributed by atoms with van der Waals surface area (Å²) in [6.45, 7) is 2.83. The van der Waals surface area contributed by atoms with E-state index in [4.69, 9.17) is 4.74 Å². The van der Waals surface area contributed by atoms with Crippen molar-refractivity contribution in [1.29, 1.82) is 0 Å². The SMILES string of the molecule is C[C@@H]1CCC[C@H](C)N1C(=O)COC(=O)CNc1ccc(C(F)(F)F)cc1[N+](=O)[O-]. The fourth-order valence-electron chi connectivity index (χ4n) is 3.36. The number of benzene rings is 1. The van der Waals surface area contributed by atoms with E-state index in [1.165, 1.54) is 0 Å². The standard InChI is InChI=1S/C18H22F3N3O5/c1-11-4-3-5-12(2)23(11)16(25)10-29-17(26)9-22-14-7-6-13(18(19,20)21)8-15(14)24(27)28/h6-8,11-12,22H,3-5,9-10H2,1-2H3/t11-,12+. The molecule has 2 rings (SSSR count). The van der Waals surface area contributed by atoms with Crippen LogP contribution in [0.2, 0.25) is 0 Å². The average Bonchev–Trinajstić information content (AvgIpc) is 2.63. The van der Waals surface area contributed by atoms with E-state index in [0.29, 0.717) is 12.1 Å². The minimum Gasteiger partial charge on any atom is -0.454 e. The van der Waals surface area contributed by atoms with Gasteiger partial charge in [-0.25, -0.2) is 0 Å². The molecule has 11 heteroatoms. The molecule has 160 valence electrons. The molecule has 1 N–H and O–H groups in total. The van der Waals surface area contributed by atoms with Crippen molar-refractivity contribution in [2.75, 3.05) is 18.5 Å². The number of carbonyl (C=O) groups excluding carboxylic acids is 2.